The molecule has 0 radical (unpaired) electrons. The maximum atomic E-state index is 11.6. The van der Waals surface area contributed by atoms with Crippen LogP contribution >= 0.6 is 0 Å². The van der Waals surface area contributed by atoms with Gasteiger partial charge >= 0.3 is 6.03 Å². The van der Waals surface area contributed by atoms with Crippen molar-refractivity contribution in [2.24, 2.45) is 0 Å². The standard InChI is InChI=1S/C13H22N4O2/c1-2-15-5-3-10(4-6-15)16-8-11(9-16)17-12(18)7-14-13(17)19/h10-11H,2-9H2,1H3,(H,14,19). The van der Waals surface area contributed by atoms with Crippen LogP contribution in [0.1, 0.15) is 19.8 Å². The highest BCUT2D eigenvalue weighted by molar-refractivity contribution is 6.02. The van der Waals surface area contributed by atoms with Crippen LogP contribution in [0, 0.1) is 0 Å². The fourth-order valence-corrected chi connectivity index (χ4v) is 3.35. The van der Waals surface area contributed by atoms with Crippen molar-refractivity contribution < 1.29 is 9.59 Å². The number of nitrogens with zero attached hydrogens (tertiary/aromatic N) is 3. The Morgan fingerprint density at radius 2 is 1.84 bits per heavy atom. The molecule has 1 N–H and O–H groups in total. The highest BCUT2D eigenvalue weighted by Crippen LogP contribution is 2.25. The molecule has 106 valence electrons. The van der Waals surface area contributed by atoms with Crippen molar-refractivity contribution in [2.75, 3.05) is 39.3 Å². The summed E-state index contributed by atoms with van der Waals surface area (Å²) in [6.07, 6.45) is 2.42. The average Bonchev–Trinajstić information content (AvgIpc) is 2.70. The number of piperidine rings is 1. The lowest BCUT2D eigenvalue weighted by Gasteiger charge is -2.48. The molecule has 0 aromatic carbocycles. The van der Waals surface area contributed by atoms with E-state index >= 15 is 0 Å². The van der Waals surface area contributed by atoms with Crippen LogP contribution < -0.4 is 5.32 Å². The lowest BCUT2D eigenvalue weighted by molar-refractivity contribution is -0.130. The van der Waals surface area contributed by atoms with Gasteiger partial charge in [0, 0.05) is 19.1 Å². The molecule has 19 heavy (non-hydrogen) atoms. The largest absolute Gasteiger partial charge is 0.329 e. The number of likely N-dealkylation sites (tertiary alicyclic amines) is 2. The number of carbonyl (C=O) groups is 2. The Kier molecular flexibility index (Phi) is 3.45. The molecule has 3 aliphatic heterocycles. The quantitative estimate of drug-likeness (QED) is 0.713. The molecule has 0 bridgehead atoms. The lowest BCUT2D eigenvalue weighted by Crippen LogP contribution is -2.64. The van der Waals surface area contributed by atoms with Crippen LogP contribution in [0.4, 0.5) is 4.79 Å². The highest BCUT2D eigenvalue weighted by Gasteiger charge is 2.43. The van der Waals surface area contributed by atoms with Gasteiger partial charge in [-0.1, -0.05) is 6.92 Å². The normalized spacial score (nSPS) is 27.7. The van der Waals surface area contributed by atoms with E-state index in [1.54, 1.807) is 0 Å². The van der Waals surface area contributed by atoms with Crippen LogP contribution in [-0.4, -0.2) is 78.0 Å². The molecule has 0 atom stereocenters. The summed E-state index contributed by atoms with van der Waals surface area (Å²) in [5.74, 6) is -0.0737. The van der Waals surface area contributed by atoms with Crippen LogP contribution in [0.3, 0.4) is 0 Å². The Hall–Kier alpha value is -1.14. The number of carbonyl (C=O) groups excluding carboxylic acids is 2. The van der Waals surface area contributed by atoms with Crippen LogP contribution in [-0.2, 0) is 4.79 Å². The second kappa shape index (κ2) is 5.09. The van der Waals surface area contributed by atoms with Gasteiger partial charge in [-0.2, -0.15) is 0 Å². The van der Waals surface area contributed by atoms with Crippen LogP contribution in [0.25, 0.3) is 0 Å². The van der Waals surface area contributed by atoms with Gasteiger partial charge in [0.2, 0.25) is 5.91 Å². The van der Waals surface area contributed by atoms with Crippen LogP contribution in [0.5, 0.6) is 0 Å². The third-order valence-electron chi connectivity index (χ3n) is 4.65. The molecule has 0 aromatic heterocycles. The minimum atomic E-state index is -0.213. The molecular weight excluding hydrogens is 244 g/mol. The first-order valence-electron chi connectivity index (χ1n) is 7.25. The topological polar surface area (TPSA) is 55.9 Å². The van der Waals surface area contributed by atoms with Gasteiger partial charge in [0.1, 0.15) is 0 Å². The van der Waals surface area contributed by atoms with Gasteiger partial charge in [0.05, 0.1) is 12.6 Å². The maximum absolute atomic E-state index is 11.6. The van der Waals surface area contributed by atoms with Gasteiger partial charge in [-0.05, 0) is 32.5 Å². The van der Waals surface area contributed by atoms with Crippen molar-refractivity contribution in [2.45, 2.75) is 31.8 Å². The molecule has 3 rings (SSSR count). The summed E-state index contributed by atoms with van der Waals surface area (Å²) >= 11 is 0. The van der Waals surface area contributed by atoms with Gasteiger partial charge in [-0.15, -0.1) is 0 Å². The first-order chi connectivity index (χ1) is 9.19. The second-order valence-corrected chi connectivity index (χ2v) is 5.70. The first-order valence-corrected chi connectivity index (χ1v) is 7.25. The van der Waals surface area contributed by atoms with E-state index in [4.69, 9.17) is 0 Å². The van der Waals surface area contributed by atoms with Crippen LogP contribution in [0.15, 0.2) is 0 Å². The number of rotatable bonds is 3. The van der Waals surface area contributed by atoms with Gasteiger partial charge in [-0.25, -0.2) is 4.79 Å². The minimum absolute atomic E-state index is 0.0737. The van der Waals surface area contributed by atoms with Crippen molar-refractivity contribution >= 4 is 11.9 Å². The van der Waals surface area contributed by atoms with Gasteiger partial charge < -0.3 is 10.2 Å². The SMILES string of the molecule is CCN1CCC(N2CC(N3C(=O)CNC3=O)C2)CC1. The van der Waals surface area contributed by atoms with E-state index < -0.39 is 0 Å². The zero-order valence-corrected chi connectivity index (χ0v) is 11.5. The lowest BCUT2D eigenvalue weighted by atomic mass is 9.97. The van der Waals surface area contributed by atoms with Crippen LogP contribution in [0.2, 0.25) is 0 Å². The van der Waals surface area contributed by atoms with Crippen molar-refractivity contribution in [3.05, 3.63) is 0 Å². The highest BCUT2D eigenvalue weighted by atomic mass is 16.2. The molecule has 0 unspecified atom stereocenters. The predicted molar refractivity (Wildman–Crippen MR) is 70.7 cm³/mol. The Bertz CT molecular complexity index is 357. The molecule has 0 spiro atoms. The van der Waals surface area contributed by atoms with Crippen molar-refractivity contribution in [1.82, 2.24) is 20.0 Å². The summed E-state index contributed by atoms with van der Waals surface area (Å²) in [5.41, 5.74) is 0. The molecule has 0 saturated carbocycles. The average molecular weight is 266 g/mol. The molecule has 0 aliphatic carbocycles. The molecule has 3 heterocycles. The Balaban J connectivity index is 1.48. The summed E-state index contributed by atoms with van der Waals surface area (Å²) in [6.45, 7) is 7.57. The summed E-state index contributed by atoms with van der Waals surface area (Å²) in [4.78, 5) is 29.5. The number of hydrogen-bond acceptors (Lipinski definition) is 4. The Morgan fingerprint density at radius 1 is 1.16 bits per heavy atom. The summed E-state index contributed by atoms with van der Waals surface area (Å²) < 4.78 is 0. The molecule has 6 heteroatoms. The Labute approximate surface area is 113 Å². The van der Waals surface area contributed by atoms with E-state index in [1.807, 2.05) is 0 Å². The van der Waals surface area contributed by atoms with Crippen molar-refractivity contribution in [1.29, 1.82) is 0 Å². The summed E-state index contributed by atoms with van der Waals surface area (Å²) in [6, 6.07) is 0.523. The first kappa shape index (κ1) is 12.9. The number of amides is 3. The molecule has 3 amide bonds. The van der Waals surface area contributed by atoms with E-state index in [0.717, 1.165) is 19.6 Å². The number of nitrogens with one attached hydrogen (secondary N) is 1. The third-order valence-corrected chi connectivity index (χ3v) is 4.65. The third kappa shape index (κ3) is 2.34. The van der Waals surface area contributed by atoms with Gasteiger partial charge in [0.15, 0.2) is 0 Å². The second-order valence-electron chi connectivity index (χ2n) is 5.70. The number of imide groups is 1. The molecule has 6 nitrogen and oxygen atoms in total. The molecule has 0 aromatic rings. The van der Waals surface area contributed by atoms with Gasteiger partial charge in [0.25, 0.3) is 0 Å². The van der Waals surface area contributed by atoms with E-state index in [0.29, 0.717) is 6.04 Å². The van der Waals surface area contributed by atoms with E-state index in [-0.39, 0.29) is 24.5 Å². The zero-order valence-electron chi connectivity index (χ0n) is 11.5. The molecule has 3 fully saturated rings. The van der Waals surface area contributed by atoms with E-state index in [1.165, 1.54) is 30.8 Å². The Morgan fingerprint density at radius 3 is 2.37 bits per heavy atom. The van der Waals surface area contributed by atoms with Crippen molar-refractivity contribution in [3.63, 3.8) is 0 Å². The minimum Gasteiger partial charge on any atom is -0.329 e. The van der Waals surface area contributed by atoms with E-state index in [2.05, 4.69) is 22.0 Å². The summed E-state index contributed by atoms with van der Waals surface area (Å²) in [7, 11) is 0. The number of hydrogen-bond donors (Lipinski definition) is 1. The zero-order chi connectivity index (χ0) is 13.4. The number of urea groups is 1. The monoisotopic (exact) mass is 266 g/mol. The molecular formula is C13H22N4O2. The fourth-order valence-electron chi connectivity index (χ4n) is 3.35. The van der Waals surface area contributed by atoms with Gasteiger partial charge in [-0.3, -0.25) is 14.6 Å². The van der Waals surface area contributed by atoms with Crippen molar-refractivity contribution in [3.8, 4) is 0 Å². The predicted octanol–water partition coefficient (Wildman–Crippen LogP) is -0.293. The fraction of sp³-hybridized carbons (Fsp3) is 0.846. The molecule has 3 saturated heterocycles. The smallest absolute Gasteiger partial charge is 0.324 e. The summed E-state index contributed by atoms with van der Waals surface area (Å²) in [5, 5.41) is 2.59. The molecule has 3 aliphatic rings. The van der Waals surface area contributed by atoms with E-state index in [9.17, 15) is 9.59 Å². The maximum Gasteiger partial charge on any atom is 0.324 e.